The molecule has 94 valence electrons. The number of carbonyl (C=O) groups excluding carboxylic acids is 1. The van der Waals surface area contributed by atoms with Crippen molar-refractivity contribution >= 4 is 16.0 Å². The smallest absolute Gasteiger partial charge is 0.322 e. The zero-order chi connectivity index (χ0) is 12.4. The van der Waals surface area contributed by atoms with E-state index in [4.69, 9.17) is 0 Å². The predicted octanol–water partition coefficient (Wildman–Crippen LogP) is 0.657. The van der Waals surface area contributed by atoms with Gasteiger partial charge in [-0.3, -0.25) is 4.79 Å². The van der Waals surface area contributed by atoms with E-state index >= 15 is 0 Å². The average molecular weight is 249 g/mol. The molecule has 1 N–H and O–H groups in total. The first-order valence-electron chi connectivity index (χ1n) is 5.31. The number of carbonyl (C=O) groups is 1. The first-order valence-corrected chi connectivity index (χ1v) is 6.96. The van der Waals surface area contributed by atoms with Gasteiger partial charge >= 0.3 is 5.97 Å². The molecule has 0 aromatic heterocycles. The highest BCUT2D eigenvalue weighted by Crippen LogP contribution is 2.37. The van der Waals surface area contributed by atoms with E-state index < -0.39 is 21.7 Å². The lowest BCUT2D eigenvalue weighted by Crippen LogP contribution is -2.37. The molecule has 0 radical (unpaired) electrons. The lowest BCUT2D eigenvalue weighted by molar-refractivity contribution is -0.137. The van der Waals surface area contributed by atoms with Crippen LogP contribution < -0.4 is 4.72 Å². The first kappa shape index (κ1) is 13.4. The number of ether oxygens (including phenoxy) is 1. The number of sulfonamides is 1. The highest BCUT2D eigenvalue weighted by molar-refractivity contribution is 7.90. The van der Waals surface area contributed by atoms with Crippen molar-refractivity contribution in [3.63, 3.8) is 0 Å². The Bertz CT molecular complexity index is 361. The highest BCUT2D eigenvalue weighted by atomic mass is 32.2. The Morgan fingerprint density at radius 1 is 1.50 bits per heavy atom. The number of hydrogen-bond donors (Lipinski definition) is 1. The molecule has 1 fully saturated rings. The van der Waals surface area contributed by atoms with Crippen molar-refractivity contribution in [1.82, 2.24) is 4.72 Å². The van der Waals surface area contributed by atoms with Crippen molar-refractivity contribution in [2.24, 2.45) is 5.41 Å². The fraction of sp³-hybridized carbons (Fsp3) is 0.900. The molecule has 1 atom stereocenters. The van der Waals surface area contributed by atoms with E-state index in [1.165, 1.54) is 7.11 Å². The molecule has 0 heterocycles. The first-order chi connectivity index (χ1) is 7.24. The second kappa shape index (κ2) is 4.71. The number of nitrogens with one attached hydrogen (secondary N) is 1. The fourth-order valence-corrected chi connectivity index (χ4v) is 3.27. The maximum absolute atomic E-state index is 11.6. The van der Waals surface area contributed by atoms with Crippen LogP contribution >= 0.6 is 0 Å². The van der Waals surface area contributed by atoms with Crippen molar-refractivity contribution < 1.29 is 17.9 Å². The zero-order valence-electron chi connectivity index (χ0n) is 9.95. The SMILES string of the molecule is COC(=O)CS(=O)(=O)NC1CCC(C)(C)C1. The number of methoxy groups -OCH3 is 1. The standard InChI is InChI=1S/C10H19NO4S/c1-10(2)5-4-8(6-10)11-16(13,14)7-9(12)15-3/h8,11H,4-7H2,1-3H3. The van der Waals surface area contributed by atoms with E-state index in [0.29, 0.717) is 0 Å². The van der Waals surface area contributed by atoms with Crippen molar-refractivity contribution in [3.05, 3.63) is 0 Å². The van der Waals surface area contributed by atoms with E-state index in [9.17, 15) is 13.2 Å². The van der Waals surface area contributed by atoms with Crippen LogP contribution in [0.1, 0.15) is 33.1 Å². The van der Waals surface area contributed by atoms with Gasteiger partial charge in [0.15, 0.2) is 5.75 Å². The summed E-state index contributed by atoms with van der Waals surface area (Å²) < 4.78 is 30.0. The third-order valence-corrected chi connectivity index (χ3v) is 4.16. The summed E-state index contributed by atoms with van der Waals surface area (Å²) in [5.74, 6) is -1.33. The Labute approximate surface area is 96.6 Å². The maximum atomic E-state index is 11.6. The Morgan fingerprint density at radius 2 is 2.12 bits per heavy atom. The Balaban J connectivity index is 2.51. The van der Waals surface area contributed by atoms with Crippen LogP contribution in [0.3, 0.4) is 0 Å². The van der Waals surface area contributed by atoms with Crippen LogP contribution in [-0.4, -0.2) is 33.3 Å². The summed E-state index contributed by atoms with van der Waals surface area (Å²) in [6.07, 6.45) is 2.64. The average Bonchev–Trinajstić information content (AvgIpc) is 2.43. The number of esters is 1. The summed E-state index contributed by atoms with van der Waals surface area (Å²) in [6, 6.07) is -0.0512. The van der Waals surface area contributed by atoms with Crippen LogP contribution in [0, 0.1) is 5.41 Å². The highest BCUT2D eigenvalue weighted by Gasteiger charge is 2.33. The summed E-state index contributed by atoms with van der Waals surface area (Å²) in [5, 5.41) is 0. The fourth-order valence-electron chi connectivity index (χ4n) is 2.05. The third-order valence-electron chi connectivity index (χ3n) is 2.85. The van der Waals surface area contributed by atoms with E-state index in [0.717, 1.165) is 19.3 Å². The topological polar surface area (TPSA) is 72.5 Å². The second-order valence-electron chi connectivity index (χ2n) is 5.06. The van der Waals surface area contributed by atoms with Gasteiger partial charge in [0.25, 0.3) is 0 Å². The normalized spacial score (nSPS) is 24.3. The van der Waals surface area contributed by atoms with Gasteiger partial charge in [-0.05, 0) is 24.7 Å². The molecule has 5 nitrogen and oxygen atoms in total. The molecule has 6 heteroatoms. The molecule has 1 rings (SSSR count). The quantitative estimate of drug-likeness (QED) is 0.743. The minimum atomic E-state index is -3.55. The van der Waals surface area contributed by atoms with Crippen molar-refractivity contribution in [2.75, 3.05) is 12.9 Å². The second-order valence-corrected chi connectivity index (χ2v) is 6.81. The van der Waals surface area contributed by atoms with Crippen molar-refractivity contribution in [3.8, 4) is 0 Å². The Hall–Kier alpha value is -0.620. The molecule has 0 aliphatic heterocycles. The predicted molar refractivity (Wildman–Crippen MR) is 60.4 cm³/mol. The molecule has 1 unspecified atom stereocenters. The molecule has 1 aliphatic rings. The van der Waals surface area contributed by atoms with E-state index in [2.05, 4.69) is 23.3 Å². The van der Waals surface area contributed by atoms with Crippen LogP contribution in [0.4, 0.5) is 0 Å². The molecule has 1 saturated carbocycles. The van der Waals surface area contributed by atoms with Gasteiger partial charge in [0, 0.05) is 6.04 Å². The van der Waals surface area contributed by atoms with Gasteiger partial charge in [-0.25, -0.2) is 13.1 Å². The van der Waals surface area contributed by atoms with E-state index in [1.807, 2.05) is 0 Å². The molecular weight excluding hydrogens is 230 g/mol. The minimum absolute atomic E-state index is 0.0512. The van der Waals surface area contributed by atoms with Gasteiger partial charge in [-0.1, -0.05) is 13.8 Å². The molecule has 1 aliphatic carbocycles. The molecule has 0 bridgehead atoms. The largest absolute Gasteiger partial charge is 0.468 e. The molecule has 0 saturated heterocycles. The van der Waals surface area contributed by atoms with Crippen molar-refractivity contribution in [2.45, 2.75) is 39.2 Å². The molecule has 16 heavy (non-hydrogen) atoms. The number of rotatable bonds is 4. The van der Waals surface area contributed by atoms with Gasteiger partial charge in [-0.15, -0.1) is 0 Å². The summed E-state index contributed by atoms with van der Waals surface area (Å²) in [4.78, 5) is 10.9. The van der Waals surface area contributed by atoms with Gasteiger partial charge in [0.1, 0.15) is 0 Å². The molecule has 0 amide bonds. The van der Waals surface area contributed by atoms with Crippen LogP contribution in [0.15, 0.2) is 0 Å². The summed E-state index contributed by atoms with van der Waals surface area (Å²) in [6.45, 7) is 4.23. The molecular formula is C10H19NO4S. The Kier molecular flexibility index (Phi) is 3.96. The number of hydrogen-bond acceptors (Lipinski definition) is 4. The van der Waals surface area contributed by atoms with Crippen LogP contribution in [0.2, 0.25) is 0 Å². The minimum Gasteiger partial charge on any atom is -0.468 e. The summed E-state index contributed by atoms with van der Waals surface area (Å²) in [7, 11) is -2.37. The molecule has 0 spiro atoms. The lowest BCUT2D eigenvalue weighted by Gasteiger charge is -2.17. The lowest BCUT2D eigenvalue weighted by atomic mass is 9.92. The van der Waals surface area contributed by atoms with Crippen LogP contribution in [0.5, 0.6) is 0 Å². The molecule has 0 aromatic carbocycles. The monoisotopic (exact) mass is 249 g/mol. The van der Waals surface area contributed by atoms with Gasteiger partial charge in [0.05, 0.1) is 7.11 Å². The van der Waals surface area contributed by atoms with E-state index in [-0.39, 0.29) is 11.5 Å². The maximum Gasteiger partial charge on any atom is 0.322 e. The third kappa shape index (κ3) is 4.09. The van der Waals surface area contributed by atoms with Crippen LogP contribution in [0.25, 0.3) is 0 Å². The van der Waals surface area contributed by atoms with Crippen LogP contribution in [-0.2, 0) is 19.6 Å². The van der Waals surface area contributed by atoms with Gasteiger partial charge < -0.3 is 4.74 Å². The van der Waals surface area contributed by atoms with Crippen molar-refractivity contribution in [1.29, 1.82) is 0 Å². The zero-order valence-corrected chi connectivity index (χ0v) is 10.8. The van der Waals surface area contributed by atoms with Gasteiger partial charge in [-0.2, -0.15) is 0 Å². The van der Waals surface area contributed by atoms with E-state index in [1.54, 1.807) is 0 Å². The summed E-state index contributed by atoms with van der Waals surface area (Å²) in [5.41, 5.74) is 0.179. The summed E-state index contributed by atoms with van der Waals surface area (Å²) >= 11 is 0. The molecule has 0 aromatic rings. The van der Waals surface area contributed by atoms with Gasteiger partial charge in [0.2, 0.25) is 10.0 Å². The Morgan fingerprint density at radius 3 is 2.56 bits per heavy atom.